The fraction of sp³-hybridized carbons (Fsp3) is 0.188. The van der Waals surface area contributed by atoms with E-state index >= 15 is 0 Å². The summed E-state index contributed by atoms with van der Waals surface area (Å²) in [7, 11) is 0. The lowest BCUT2D eigenvalue weighted by Crippen LogP contribution is -2.02. The number of rotatable bonds is 2. The van der Waals surface area contributed by atoms with Crippen LogP contribution in [0.25, 0.3) is 16.9 Å². The summed E-state index contributed by atoms with van der Waals surface area (Å²) in [6.07, 6.45) is 1.92. The second-order valence-electron chi connectivity index (χ2n) is 5.00. The standard InChI is InChI=1S/C16H16ClN3/c1-10-3-4-13(11(2)7-10)16-14(9-18)20-6-5-12(17)8-15(20)19-16/h3-8H,9,18H2,1-2H3. The van der Waals surface area contributed by atoms with E-state index in [-0.39, 0.29) is 0 Å². The minimum absolute atomic E-state index is 0.436. The molecular formula is C16H16ClN3. The van der Waals surface area contributed by atoms with Crippen LogP contribution in [0.15, 0.2) is 36.5 Å². The summed E-state index contributed by atoms with van der Waals surface area (Å²) in [5, 5.41) is 0.679. The number of aromatic nitrogens is 2. The topological polar surface area (TPSA) is 43.3 Å². The van der Waals surface area contributed by atoms with Crippen LogP contribution in [0.5, 0.6) is 0 Å². The van der Waals surface area contributed by atoms with Gasteiger partial charge in [0.1, 0.15) is 5.65 Å². The minimum atomic E-state index is 0.436. The molecule has 0 spiro atoms. The Hall–Kier alpha value is -1.84. The zero-order valence-corrected chi connectivity index (χ0v) is 12.3. The van der Waals surface area contributed by atoms with Crippen molar-refractivity contribution < 1.29 is 0 Å². The normalized spacial score (nSPS) is 11.2. The Bertz CT molecular complexity index is 790. The van der Waals surface area contributed by atoms with Crippen LogP contribution in [0.1, 0.15) is 16.8 Å². The highest BCUT2D eigenvalue weighted by atomic mass is 35.5. The number of nitrogens with two attached hydrogens (primary N) is 1. The van der Waals surface area contributed by atoms with Gasteiger partial charge in [-0.25, -0.2) is 4.98 Å². The van der Waals surface area contributed by atoms with Crippen LogP contribution >= 0.6 is 11.6 Å². The van der Waals surface area contributed by atoms with Crippen molar-refractivity contribution in [2.75, 3.05) is 0 Å². The molecule has 2 aromatic heterocycles. The summed E-state index contributed by atoms with van der Waals surface area (Å²) in [6, 6.07) is 10.1. The van der Waals surface area contributed by atoms with Crippen molar-refractivity contribution in [1.29, 1.82) is 0 Å². The number of pyridine rings is 1. The highest BCUT2D eigenvalue weighted by Gasteiger charge is 2.14. The molecule has 0 amide bonds. The average Bonchev–Trinajstić information content (AvgIpc) is 2.75. The molecule has 0 saturated heterocycles. The summed E-state index contributed by atoms with van der Waals surface area (Å²) in [5.74, 6) is 0. The van der Waals surface area contributed by atoms with Gasteiger partial charge in [-0.2, -0.15) is 0 Å². The molecule has 4 heteroatoms. The van der Waals surface area contributed by atoms with E-state index in [0.29, 0.717) is 11.6 Å². The Kier molecular flexibility index (Phi) is 3.24. The van der Waals surface area contributed by atoms with Crippen molar-refractivity contribution in [2.24, 2.45) is 5.73 Å². The Morgan fingerprint density at radius 1 is 1.20 bits per heavy atom. The highest BCUT2D eigenvalue weighted by molar-refractivity contribution is 6.30. The summed E-state index contributed by atoms with van der Waals surface area (Å²) in [6.45, 7) is 4.62. The van der Waals surface area contributed by atoms with Crippen molar-refractivity contribution >= 4 is 17.2 Å². The molecule has 0 radical (unpaired) electrons. The molecule has 2 heterocycles. The summed E-state index contributed by atoms with van der Waals surface area (Å²) < 4.78 is 2.00. The summed E-state index contributed by atoms with van der Waals surface area (Å²) in [4.78, 5) is 4.70. The van der Waals surface area contributed by atoms with Gasteiger partial charge in [0.05, 0.1) is 11.4 Å². The first kappa shape index (κ1) is 13.2. The molecule has 20 heavy (non-hydrogen) atoms. The van der Waals surface area contributed by atoms with E-state index in [9.17, 15) is 0 Å². The maximum Gasteiger partial charge on any atom is 0.139 e. The fourth-order valence-corrected chi connectivity index (χ4v) is 2.71. The molecule has 0 bridgehead atoms. The van der Waals surface area contributed by atoms with E-state index in [4.69, 9.17) is 22.3 Å². The average molecular weight is 286 g/mol. The molecule has 0 aliphatic heterocycles. The molecule has 2 N–H and O–H groups in total. The zero-order chi connectivity index (χ0) is 14.3. The maximum absolute atomic E-state index is 6.04. The van der Waals surface area contributed by atoms with Crippen LogP contribution in [-0.4, -0.2) is 9.38 Å². The van der Waals surface area contributed by atoms with Gasteiger partial charge in [0, 0.05) is 29.4 Å². The lowest BCUT2D eigenvalue weighted by molar-refractivity contribution is 0.961. The van der Waals surface area contributed by atoms with Gasteiger partial charge in [0.15, 0.2) is 0 Å². The number of hydrogen-bond acceptors (Lipinski definition) is 2. The lowest BCUT2D eigenvalue weighted by Gasteiger charge is -2.06. The first-order valence-electron chi connectivity index (χ1n) is 6.54. The van der Waals surface area contributed by atoms with Crippen LogP contribution < -0.4 is 5.73 Å². The Labute approximate surface area is 123 Å². The third kappa shape index (κ3) is 2.09. The van der Waals surface area contributed by atoms with Gasteiger partial charge in [0.25, 0.3) is 0 Å². The van der Waals surface area contributed by atoms with Crippen LogP contribution in [0, 0.1) is 13.8 Å². The van der Waals surface area contributed by atoms with E-state index < -0.39 is 0 Å². The number of benzene rings is 1. The Morgan fingerprint density at radius 2 is 2.00 bits per heavy atom. The Balaban J connectivity index is 2.30. The predicted octanol–water partition coefficient (Wildman–Crippen LogP) is 3.73. The molecule has 3 rings (SSSR count). The van der Waals surface area contributed by atoms with Gasteiger partial charge in [-0.3, -0.25) is 0 Å². The molecular weight excluding hydrogens is 270 g/mol. The number of aryl methyl sites for hydroxylation is 2. The first-order chi connectivity index (χ1) is 9.60. The van der Waals surface area contributed by atoms with E-state index in [0.717, 1.165) is 22.6 Å². The van der Waals surface area contributed by atoms with Gasteiger partial charge in [-0.1, -0.05) is 35.4 Å². The third-order valence-corrected chi connectivity index (χ3v) is 3.75. The van der Waals surface area contributed by atoms with Gasteiger partial charge in [-0.15, -0.1) is 0 Å². The predicted molar refractivity (Wildman–Crippen MR) is 83.0 cm³/mol. The molecule has 0 aliphatic rings. The van der Waals surface area contributed by atoms with Crippen molar-refractivity contribution in [1.82, 2.24) is 9.38 Å². The van der Waals surface area contributed by atoms with Crippen LogP contribution in [0.3, 0.4) is 0 Å². The molecule has 0 saturated carbocycles. The molecule has 1 aromatic carbocycles. The van der Waals surface area contributed by atoms with E-state index in [1.807, 2.05) is 22.7 Å². The molecule has 102 valence electrons. The number of imidazole rings is 1. The van der Waals surface area contributed by atoms with E-state index in [1.54, 1.807) is 0 Å². The zero-order valence-electron chi connectivity index (χ0n) is 11.5. The van der Waals surface area contributed by atoms with Crippen molar-refractivity contribution in [3.63, 3.8) is 0 Å². The molecule has 0 aliphatic carbocycles. The fourth-order valence-electron chi connectivity index (χ4n) is 2.56. The smallest absolute Gasteiger partial charge is 0.139 e. The second kappa shape index (κ2) is 4.93. The van der Waals surface area contributed by atoms with Gasteiger partial charge >= 0.3 is 0 Å². The quantitative estimate of drug-likeness (QED) is 0.779. The van der Waals surface area contributed by atoms with Crippen molar-refractivity contribution in [3.05, 3.63) is 58.4 Å². The minimum Gasteiger partial charge on any atom is -0.325 e. The number of nitrogens with zero attached hydrogens (tertiary/aromatic N) is 2. The van der Waals surface area contributed by atoms with Crippen LogP contribution in [0.2, 0.25) is 5.02 Å². The van der Waals surface area contributed by atoms with Gasteiger partial charge in [-0.05, 0) is 25.5 Å². The molecule has 0 fully saturated rings. The molecule has 3 aromatic rings. The van der Waals surface area contributed by atoms with Crippen LogP contribution in [-0.2, 0) is 6.54 Å². The number of fused-ring (bicyclic) bond motifs is 1. The first-order valence-corrected chi connectivity index (χ1v) is 6.92. The monoisotopic (exact) mass is 285 g/mol. The van der Waals surface area contributed by atoms with Crippen molar-refractivity contribution in [2.45, 2.75) is 20.4 Å². The van der Waals surface area contributed by atoms with E-state index in [1.165, 1.54) is 11.1 Å². The van der Waals surface area contributed by atoms with Crippen LogP contribution in [0.4, 0.5) is 0 Å². The highest BCUT2D eigenvalue weighted by Crippen LogP contribution is 2.28. The second-order valence-corrected chi connectivity index (χ2v) is 5.44. The van der Waals surface area contributed by atoms with Gasteiger partial charge < -0.3 is 10.1 Å². The molecule has 0 unspecified atom stereocenters. The molecule has 3 nitrogen and oxygen atoms in total. The third-order valence-electron chi connectivity index (χ3n) is 3.52. The number of halogens is 1. The van der Waals surface area contributed by atoms with E-state index in [2.05, 4.69) is 32.0 Å². The largest absolute Gasteiger partial charge is 0.325 e. The SMILES string of the molecule is Cc1ccc(-c2nc3cc(Cl)ccn3c2CN)c(C)c1. The lowest BCUT2D eigenvalue weighted by atomic mass is 10.0. The van der Waals surface area contributed by atoms with Gasteiger partial charge in [0.2, 0.25) is 0 Å². The Morgan fingerprint density at radius 3 is 2.70 bits per heavy atom. The maximum atomic E-state index is 6.04. The summed E-state index contributed by atoms with van der Waals surface area (Å²) in [5.41, 5.74) is 12.3. The van der Waals surface area contributed by atoms with Crippen molar-refractivity contribution in [3.8, 4) is 11.3 Å². The summed E-state index contributed by atoms with van der Waals surface area (Å²) >= 11 is 6.04. The molecule has 0 atom stereocenters. The number of hydrogen-bond donors (Lipinski definition) is 1.